The van der Waals surface area contributed by atoms with Crippen molar-refractivity contribution in [2.45, 2.75) is 96.3 Å². The van der Waals surface area contributed by atoms with E-state index in [1.165, 1.54) is 93.4 Å². The molecular weight excluding hydrogens is 406 g/mol. The van der Waals surface area contributed by atoms with Crippen LogP contribution in [0.5, 0.6) is 0 Å². The van der Waals surface area contributed by atoms with Crippen LogP contribution >= 0.6 is 0 Å². The summed E-state index contributed by atoms with van der Waals surface area (Å²) in [5, 5.41) is 2.77. The predicted molar refractivity (Wildman–Crippen MR) is 134 cm³/mol. The van der Waals surface area contributed by atoms with E-state index >= 15 is 0 Å². The molecule has 2 aromatic carbocycles. The summed E-state index contributed by atoms with van der Waals surface area (Å²) in [6.07, 6.45) is 18.2. The Hall–Kier alpha value is -1.43. The number of aryl methyl sites for hydroxylation is 1. The second-order valence-electron chi connectivity index (χ2n) is 8.62. The van der Waals surface area contributed by atoms with Crippen LogP contribution in [0.25, 0.3) is 10.8 Å². The molecule has 0 radical (unpaired) electrons. The number of rotatable bonds is 17. The van der Waals surface area contributed by atoms with Gasteiger partial charge in [-0.1, -0.05) is 120 Å². The van der Waals surface area contributed by atoms with Crippen molar-refractivity contribution >= 4 is 20.9 Å². The van der Waals surface area contributed by atoms with Gasteiger partial charge in [-0.3, -0.25) is 4.55 Å². The lowest BCUT2D eigenvalue weighted by molar-refractivity contribution is 0.478. The van der Waals surface area contributed by atoms with Crippen LogP contribution in [-0.2, 0) is 16.5 Å². The van der Waals surface area contributed by atoms with Gasteiger partial charge in [0.1, 0.15) is 0 Å². The Kier molecular flexibility index (Phi) is 14.5. The SMILES string of the molecule is N.O=S(=O)(O)CCCCCCCCCCCCCCCCc1cccc2ccccc12. The van der Waals surface area contributed by atoms with Gasteiger partial charge in [-0.15, -0.1) is 0 Å². The molecule has 0 saturated heterocycles. The normalized spacial score (nSPS) is 11.5. The van der Waals surface area contributed by atoms with Gasteiger partial charge >= 0.3 is 0 Å². The second-order valence-corrected chi connectivity index (χ2v) is 10.2. The van der Waals surface area contributed by atoms with Gasteiger partial charge in [0.05, 0.1) is 5.75 Å². The van der Waals surface area contributed by atoms with Crippen LogP contribution in [-0.4, -0.2) is 18.7 Å². The lowest BCUT2D eigenvalue weighted by Crippen LogP contribution is -2.03. The van der Waals surface area contributed by atoms with Crippen LogP contribution in [0.3, 0.4) is 0 Å². The molecule has 31 heavy (non-hydrogen) atoms. The first-order valence-electron chi connectivity index (χ1n) is 12.0. The number of hydrogen-bond donors (Lipinski definition) is 2. The minimum atomic E-state index is -3.76. The number of fused-ring (bicyclic) bond motifs is 1. The fraction of sp³-hybridized carbons (Fsp3) is 0.615. The molecule has 4 N–H and O–H groups in total. The van der Waals surface area contributed by atoms with Gasteiger partial charge in [-0.05, 0) is 35.6 Å². The summed E-state index contributed by atoms with van der Waals surface area (Å²) in [4.78, 5) is 0. The molecule has 0 bridgehead atoms. The van der Waals surface area contributed by atoms with Gasteiger partial charge in [0.15, 0.2) is 0 Å². The molecule has 2 rings (SSSR count). The summed E-state index contributed by atoms with van der Waals surface area (Å²) in [5.41, 5.74) is 1.49. The van der Waals surface area contributed by atoms with E-state index in [-0.39, 0.29) is 11.9 Å². The Morgan fingerprint density at radius 1 is 0.581 bits per heavy atom. The van der Waals surface area contributed by atoms with Gasteiger partial charge < -0.3 is 6.15 Å². The number of unbranched alkanes of at least 4 members (excludes halogenated alkanes) is 13. The maximum absolute atomic E-state index is 10.6. The number of hydrogen-bond acceptors (Lipinski definition) is 3. The standard InChI is InChI=1S/C26H40O3S.H3N/c27-30(28,29)23-16-12-10-8-6-4-2-1-3-5-7-9-11-13-18-24-20-17-21-25-19-14-15-22-26(24)25;/h14-15,17,19-22H,1-13,16,18,23H2,(H,27,28,29);1H3. The molecule has 0 aromatic heterocycles. The quantitative estimate of drug-likeness (QED) is 0.190. The molecule has 0 aliphatic rings. The zero-order valence-corrected chi connectivity index (χ0v) is 20.1. The van der Waals surface area contributed by atoms with Crippen molar-refractivity contribution in [1.82, 2.24) is 6.15 Å². The molecule has 0 heterocycles. The topological polar surface area (TPSA) is 89.4 Å². The Labute approximate surface area is 190 Å². The fourth-order valence-electron chi connectivity index (χ4n) is 4.23. The lowest BCUT2D eigenvalue weighted by Gasteiger charge is -2.07. The second kappa shape index (κ2) is 16.2. The Morgan fingerprint density at radius 2 is 1.03 bits per heavy atom. The molecule has 0 aliphatic heterocycles. The van der Waals surface area contributed by atoms with E-state index in [1.54, 1.807) is 0 Å². The summed E-state index contributed by atoms with van der Waals surface area (Å²) in [6, 6.07) is 15.4. The highest BCUT2D eigenvalue weighted by Crippen LogP contribution is 2.21. The molecule has 0 aliphatic carbocycles. The summed E-state index contributed by atoms with van der Waals surface area (Å²) in [6.45, 7) is 0. The molecular formula is C26H43NO3S. The molecule has 0 saturated carbocycles. The third kappa shape index (κ3) is 12.9. The number of benzene rings is 2. The molecule has 0 unspecified atom stereocenters. The first kappa shape index (κ1) is 27.6. The zero-order chi connectivity index (χ0) is 21.5. The van der Waals surface area contributed by atoms with Crippen molar-refractivity contribution in [2.24, 2.45) is 0 Å². The van der Waals surface area contributed by atoms with Crippen molar-refractivity contribution < 1.29 is 13.0 Å². The molecule has 2 aromatic rings. The zero-order valence-electron chi connectivity index (χ0n) is 19.2. The van der Waals surface area contributed by atoms with E-state index in [4.69, 9.17) is 4.55 Å². The molecule has 0 spiro atoms. The van der Waals surface area contributed by atoms with Crippen LogP contribution < -0.4 is 6.15 Å². The van der Waals surface area contributed by atoms with Crippen LogP contribution in [0, 0.1) is 0 Å². The highest BCUT2D eigenvalue weighted by atomic mass is 32.2. The minimum Gasteiger partial charge on any atom is -0.344 e. The van der Waals surface area contributed by atoms with Gasteiger partial charge in [-0.25, -0.2) is 0 Å². The van der Waals surface area contributed by atoms with Crippen molar-refractivity contribution in [2.75, 3.05) is 5.75 Å². The average molecular weight is 450 g/mol. The fourth-order valence-corrected chi connectivity index (χ4v) is 4.80. The smallest absolute Gasteiger partial charge is 0.264 e. The lowest BCUT2D eigenvalue weighted by atomic mass is 9.99. The van der Waals surface area contributed by atoms with Gasteiger partial charge in [0.2, 0.25) is 0 Å². The van der Waals surface area contributed by atoms with E-state index in [0.717, 1.165) is 12.8 Å². The van der Waals surface area contributed by atoms with Crippen LogP contribution in [0.4, 0.5) is 0 Å². The largest absolute Gasteiger partial charge is 0.344 e. The van der Waals surface area contributed by atoms with E-state index in [0.29, 0.717) is 6.42 Å². The molecule has 5 heteroatoms. The third-order valence-electron chi connectivity index (χ3n) is 5.98. The van der Waals surface area contributed by atoms with E-state index in [1.807, 2.05) is 0 Å². The van der Waals surface area contributed by atoms with Crippen LogP contribution in [0.15, 0.2) is 42.5 Å². The van der Waals surface area contributed by atoms with E-state index < -0.39 is 10.1 Å². The Morgan fingerprint density at radius 3 is 1.58 bits per heavy atom. The maximum atomic E-state index is 10.6. The van der Waals surface area contributed by atoms with Crippen molar-refractivity contribution in [3.05, 3.63) is 48.0 Å². The van der Waals surface area contributed by atoms with Crippen LogP contribution in [0.1, 0.15) is 95.5 Å². The monoisotopic (exact) mass is 449 g/mol. The Bertz CT molecular complexity index is 815. The van der Waals surface area contributed by atoms with E-state index in [9.17, 15) is 8.42 Å². The summed E-state index contributed by atoms with van der Waals surface area (Å²) in [7, 11) is -3.76. The Balaban J connectivity index is 0.00000480. The van der Waals surface area contributed by atoms with Crippen LogP contribution in [0.2, 0.25) is 0 Å². The van der Waals surface area contributed by atoms with Gasteiger partial charge in [0, 0.05) is 0 Å². The summed E-state index contributed by atoms with van der Waals surface area (Å²) in [5.74, 6) is -0.0871. The average Bonchev–Trinajstić information content (AvgIpc) is 2.72. The third-order valence-corrected chi connectivity index (χ3v) is 6.78. The van der Waals surface area contributed by atoms with Gasteiger partial charge in [0.25, 0.3) is 10.1 Å². The maximum Gasteiger partial charge on any atom is 0.264 e. The minimum absolute atomic E-state index is 0. The highest BCUT2D eigenvalue weighted by Gasteiger charge is 2.03. The van der Waals surface area contributed by atoms with E-state index in [2.05, 4.69) is 42.5 Å². The molecule has 0 atom stereocenters. The van der Waals surface area contributed by atoms with Crippen molar-refractivity contribution in [1.29, 1.82) is 0 Å². The van der Waals surface area contributed by atoms with Gasteiger partial charge in [-0.2, -0.15) is 8.42 Å². The molecule has 176 valence electrons. The molecule has 4 nitrogen and oxygen atoms in total. The van der Waals surface area contributed by atoms with Crippen molar-refractivity contribution in [3.8, 4) is 0 Å². The van der Waals surface area contributed by atoms with Crippen molar-refractivity contribution in [3.63, 3.8) is 0 Å². The predicted octanol–water partition coefficient (Wildman–Crippen LogP) is 7.89. The molecule has 0 fully saturated rings. The first-order valence-corrected chi connectivity index (χ1v) is 13.6. The summed E-state index contributed by atoms with van der Waals surface area (Å²) >= 11 is 0. The first-order chi connectivity index (χ1) is 14.6. The summed E-state index contributed by atoms with van der Waals surface area (Å²) < 4.78 is 29.9. The molecule has 0 amide bonds. The highest BCUT2D eigenvalue weighted by molar-refractivity contribution is 7.85.